The summed E-state index contributed by atoms with van der Waals surface area (Å²) in [4.78, 5) is 30.0. The van der Waals surface area contributed by atoms with Crippen LogP contribution in [0.25, 0.3) is 0 Å². The average molecular weight is 434 g/mol. The highest BCUT2D eigenvalue weighted by Crippen LogP contribution is 2.35. The summed E-state index contributed by atoms with van der Waals surface area (Å²) in [6, 6.07) is 4.39. The van der Waals surface area contributed by atoms with Gasteiger partial charge in [-0.25, -0.2) is 9.59 Å². The molecule has 0 bridgehead atoms. The molecule has 9 heteroatoms. The number of carbonyl (C=O) groups is 2. The van der Waals surface area contributed by atoms with Crippen molar-refractivity contribution in [3.05, 3.63) is 35.0 Å². The zero-order valence-corrected chi connectivity index (χ0v) is 18.6. The molecule has 1 aromatic rings. The van der Waals surface area contributed by atoms with E-state index in [0.29, 0.717) is 54.6 Å². The predicted molar refractivity (Wildman–Crippen MR) is 114 cm³/mol. The molecule has 1 aromatic carbocycles. The van der Waals surface area contributed by atoms with Crippen LogP contribution in [0.3, 0.4) is 0 Å². The third-order valence-electron chi connectivity index (χ3n) is 5.43. The number of urea groups is 1. The van der Waals surface area contributed by atoms with Gasteiger partial charge in [0.2, 0.25) is 0 Å². The Kier molecular flexibility index (Phi) is 7.75. The molecule has 2 aliphatic rings. The Morgan fingerprint density at radius 3 is 2.32 bits per heavy atom. The van der Waals surface area contributed by atoms with E-state index in [-0.39, 0.29) is 12.6 Å². The molecule has 0 spiro atoms. The molecule has 1 fully saturated rings. The third kappa shape index (κ3) is 5.11. The molecule has 170 valence electrons. The number of nitrogens with zero attached hydrogens (tertiary/aromatic N) is 2. The van der Waals surface area contributed by atoms with Gasteiger partial charge in [-0.1, -0.05) is 0 Å². The SMILES string of the molecule is CCOC(=O)C1=C(CN2CCOCC2)N(CC)C(=O)N[C@@H]1c1cc(OC)cc(OC)c1. The molecular weight excluding hydrogens is 402 g/mol. The lowest BCUT2D eigenvalue weighted by molar-refractivity contribution is -0.139. The van der Waals surface area contributed by atoms with Crippen LogP contribution >= 0.6 is 0 Å². The van der Waals surface area contributed by atoms with Crippen molar-refractivity contribution in [2.45, 2.75) is 19.9 Å². The highest BCUT2D eigenvalue weighted by atomic mass is 16.5. The second-order valence-corrected chi connectivity index (χ2v) is 7.24. The van der Waals surface area contributed by atoms with E-state index in [1.807, 2.05) is 6.92 Å². The van der Waals surface area contributed by atoms with Crippen LogP contribution in [-0.2, 0) is 14.3 Å². The number of ether oxygens (including phenoxy) is 4. The molecule has 0 aliphatic carbocycles. The summed E-state index contributed by atoms with van der Waals surface area (Å²) in [5.74, 6) is 0.690. The van der Waals surface area contributed by atoms with Crippen molar-refractivity contribution < 1.29 is 28.5 Å². The quantitative estimate of drug-likeness (QED) is 0.627. The van der Waals surface area contributed by atoms with E-state index in [2.05, 4.69) is 10.2 Å². The van der Waals surface area contributed by atoms with Gasteiger partial charge < -0.3 is 24.3 Å². The van der Waals surface area contributed by atoms with Gasteiger partial charge in [-0.15, -0.1) is 0 Å². The van der Waals surface area contributed by atoms with Crippen LogP contribution in [0.2, 0.25) is 0 Å². The first-order valence-electron chi connectivity index (χ1n) is 10.5. The van der Waals surface area contributed by atoms with E-state index in [1.165, 1.54) is 0 Å². The van der Waals surface area contributed by atoms with E-state index in [4.69, 9.17) is 18.9 Å². The topological polar surface area (TPSA) is 89.6 Å². The minimum Gasteiger partial charge on any atom is -0.497 e. The van der Waals surface area contributed by atoms with E-state index in [1.54, 1.807) is 44.2 Å². The monoisotopic (exact) mass is 433 g/mol. The Bertz CT molecular complexity index is 812. The number of carbonyl (C=O) groups excluding carboxylic acids is 2. The normalized spacial score (nSPS) is 19.8. The van der Waals surface area contributed by atoms with Gasteiger partial charge in [-0.05, 0) is 31.5 Å². The zero-order valence-electron chi connectivity index (χ0n) is 18.6. The van der Waals surface area contributed by atoms with Crippen LogP contribution in [0.5, 0.6) is 11.5 Å². The predicted octanol–water partition coefficient (Wildman–Crippen LogP) is 1.94. The second kappa shape index (κ2) is 10.5. The minimum absolute atomic E-state index is 0.237. The van der Waals surface area contributed by atoms with Crippen molar-refractivity contribution >= 4 is 12.0 Å². The van der Waals surface area contributed by atoms with Crippen molar-refractivity contribution in [2.75, 3.05) is 60.2 Å². The summed E-state index contributed by atoms with van der Waals surface area (Å²) in [6.45, 7) is 7.49. The maximum atomic E-state index is 13.1. The summed E-state index contributed by atoms with van der Waals surface area (Å²) in [5, 5.41) is 2.97. The Labute approximate surface area is 182 Å². The van der Waals surface area contributed by atoms with E-state index in [0.717, 1.165) is 13.1 Å². The van der Waals surface area contributed by atoms with E-state index in [9.17, 15) is 9.59 Å². The van der Waals surface area contributed by atoms with Crippen molar-refractivity contribution in [3.63, 3.8) is 0 Å². The molecule has 2 heterocycles. The van der Waals surface area contributed by atoms with Crippen molar-refractivity contribution in [1.82, 2.24) is 15.1 Å². The lowest BCUT2D eigenvalue weighted by Gasteiger charge is -2.39. The number of esters is 1. The number of hydrogen-bond acceptors (Lipinski definition) is 7. The van der Waals surface area contributed by atoms with Gasteiger partial charge in [-0.3, -0.25) is 9.80 Å². The highest BCUT2D eigenvalue weighted by Gasteiger charge is 2.38. The maximum Gasteiger partial charge on any atom is 0.338 e. The van der Waals surface area contributed by atoms with E-state index < -0.39 is 12.0 Å². The zero-order chi connectivity index (χ0) is 22.4. The van der Waals surface area contributed by atoms with Crippen molar-refractivity contribution in [3.8, 4) is 11.5 Å². The van der Waals surface area contributed by atoms with Crippen LogP contribution in [0.15, 0.2) is 29.5 Å². The number of rotatable bonds is 8. The molecule has 0 aromatic heterocycles. The third-order valence-corrected chi connectivity index (χ3v) is 5.43. The fourth-order valence-corrected chi connectivity index (χ4v) is 3.87. The molecule has 1 saturated heterocycles. The average Bonchev–Trinajstić information content (AvgIpc) is 2.79. The summed E-state index contributed by atoms with van der Waals surface area (Å²) < 4.78 is 21.6. The molecule has 0 saturated carbocycles. The standard InChI is InChI=1S/C22H31N3O6/c1-5-25-18(14-24-7-9-30-10-8-24)19(21(26)31-6-2)20(23-22(25)27)15-11-16(28-3)13-17(12-15)29-4/h11-13,20H,5-10,14H2,1-4H3,(H,23,27)/t20-/m1/s1. The number of likely N-dealkylation sites (N-methyl/N-ethyl adjacent to an activating group) is 1. The number of benzene rings is 1. The molecule has 1 N–H and O–H groups in total. The number of hydrogen-bond donors (Lipinski definition) is 1. The summed E-state index contributed by atoms with van der Waals surface area (Å²) >= 11 is 0. The maximum absolute atomic E-state index is 13.1. The first-order valence-corrected chi connectivity index (χ1v) is 10.5. The second-order valence-electron chi connectivity index (χ2n) is 7.24. The number of amides is 2. The smallest absolute Gasteiger partial charge is 0.338 e. The Hall–Kier alpha value is -2.78. The van der Waals surface area contributed by atoms with Crippen LogP contribution in [-0.4, -0.2) is 82.0 Å². The molecule has 1 atom stereocenters. The van der Waals surface area contributed by atoms with Gasteiger partial charge in [0.05, 0.1) is 45.7 Å². The van der Waals surface area contributed by atoms with Gasteiger partial charge in [0.25, 0.3) is 0 Å². The van der Waals surface area contributed by atoms with Gasteiger partial charge >= 0.3 is 12.0 Å². The Balaban J connectivity index is 2.12. The lowest BCUT2D eigenvalue weighted by atomic mass is 9.93. The van der Waals surface area contributed by atoms with Gasteiger partial charge in [0.1, 0.15) is 11.5 Å². The molecule has 0 radical (unpaired) electrons. The van der Waals surface area contributed by atoms with Gasteiger partial charge in [0, 0.05) is 37.9 Å². The molecule has 3 rings (SSSR count). The fourth-order valence-electron chi connectivity index (χ4n) is 3.87. The van der Waals surface area contributed by atoms with Crippen LogP contribution in [0.4, 0.5) is 4.79 Å². The molecule has 2 amide bonds. The van der Waals surface area contributed by atoms with E-state index >= 15 is 0 Å². The van der Waals surface area contributed by atoms with Gasteiger partial charge in [-0.2, -0.15) is 0 Å². The molecular formula is C22H31N3O6. The summed E-state index contributed by atoms with van der Waals surface area (Å²) in [5.41, 5.74) is 1.76. The number of morpholine rings is 1. The number of nitrogens with one attached hydrogen (secondary N) is 1. The first kappa shape index (κ1) is 22.9. The summed E-state index contributed by atoms with van der Waals surface area (Å²) in [6.07, 6.45) is 0. The molecule has 31 heavy (non-hydrogen) atoms. The highest BCUT2D eigenvalue weighted by molar-refractivity contribution is 5.95. The number of methoxy groups -OCH3 is 2. The molecule has 2 aliphatic heterocycles. The lowest BCUT2D eigenvalue weighted by Crippen LogP contribution is -2.51. The fraction of sp³-hybridized carbons (Fsp3) is 0.545. The van der Waals surface area contributed by atoms with Crippen LogP contribution in [0, 0.1) is 0 Å². The van der Waals surface area contributed by atoms with Gasteiger partial charge in [0.15, 0.2) is 0 Å². The first-order chi connectivity index (χ1) is 15.0. The molecule has 0 unspecified atom stereocenters. The largest absolute Gasteiger partial charge is 0.497 e. The van der Waals surface area contributed by atoms with Crippen molar-refractivity contribution in [1.29, 1.82) is 0 Å². The Morgan fingerprint density at radius 2 is 1.77 bits per heavy atom. The Morgan fingerprint density at radius 1 is 1.13 bits per heavy atom. The minimum atomic E-state index is -0.686. The molecule has 9 nitrogen and oxygen atoms in total. The van der Waals surface area contributed by atoms with Crippen LogP contribution in [0.1, 0.15) is 25.5 Å². The van der Waals surface area contributed by atoms with Crippen LogP contribution < -0.4 is 14.8 Å². The summed E-state index contributed by atoms with van der Waals surface area (Å²) in [7, 11) is 3.12. The van der Waals surface area contributed by atoms with Crippen molar-refractivity contribution in [2.24, 2.45) is 0 Å².